The van der Waals surface area contributed by atoms with E-state index in [9.17, 15) is 4.79 Å². The van der Waals surface area contributed by atoms with Crippen LogP contribution in [0.4, 0.5) is 10.5 Å². The Morgan fingerprint density at radius 1 is 1.28 bits per heavy atom. The highest BCUT2D eigenvalue weighted by molar-refractivity contribution is 5.84. The van der Waals surface area contributed by atoms with Gasteiger partial charge in [0.25, 0.3) is 0 Å². The third-order valence-corrected chi connectivity index (χ3v) is 2.61. The first-order valence-corrected chi connectivity index (χ1v) is 6.48. The Labute approximate surface area is 109 Å². The maximum Gasteiger partial charge on any atom is 0.411 e. The summed E-state index contributed by atoms with van der Waals surface area (Å²) >= 11 is 0. The zero-order chi connectivity index (χ0) is 13.2. The van der Waals surface area contributed by atoms with E-state index in [4.69, 9.17) is 4.74 Å². The highest BCUT2D eigenvalue weighted by atomic mass is 16.5. The van der Waals surface area contributed by atoms with Crippen molar-refractivity contribution in [2.75, 3.05) is 18.5 Å². The molecule has 1 rings (SSSR count). The average molecular weight is 250 g/mol. The van der Waals surface area contributed by atoms with Crippen molar-refractivity contribution in [1.29, 1.82) is 0 Å². The van der Waals surface area contributed by atoms with Crippen LogP contribution in [0, 0.1) is 0 Å². The van der Waals surface area contributed by atoms with Gasteiger partial charge in [0.05, 0.1) is 0 Å². The van der Waals surface area contributed by atoms with Crippen LogP contribution in [0.15, 0.2) is 30.3 Å². The van der Waals surface area contributed by atoms with Gasteiger partial charge in [-0.2, -0.15) is 0 Å². The molecule has 0 aliphatic heterocycles. The lowest BCUT2D eigenvalue weighted by atomic mass is 10.2. The Morgan fingerprint density at radius 3 is 2.61 bits per heavy atom. The summed E-state index contributed by atoms with van der Waals surface area (Å²) in [4.78, 5) is 11.5. The van der Waals surface area contributed by atoms with Crippen molar-refractivity contribution in [2.45, 2.75) is 32.7 Å². The van der Waals surface area contributed by atoms with E-state index >= 15 is 0 Å². The van der Waals surface area contributed by atoms with Crippen LogP contribution < -0.4 is 10.6 Å². The Hall–Kier alpha value is -1.55. The quantitative estimate of drug-likeness (QED) is 0.782. The Morgan fingerprint density at radius 2 is 2.00 bits per heavy atom. The molecule has 2 N–H and O–H groups in total. The number of carbonyl (C=O) groups excluding carboxylic acids is 1. The summed E-state index contributed by atoms with van der Waals surface area (Å²) in [5, 5.41) is 6.02. The molecule has 0 spiro atoms. The van der Waals surface area contributed by atoms with E-state index in [1.807, 2.05) is 30.3 Å². The highest BCUT2D eigenvalue weighted by Gasteiger charge is 2.09. The number of hydrogen-bond acceptors (Lipinski definition) is 3. The number of benzene rings is 1. The fourth-order valence-electron chi connectivity index (χ4n) is 1.52. The van der Waals surface area contributed by atoms with Gasteiger partial charge in [-0.05, 0) is 31.5 Å². The summed E-state index contributed by atoms with van der Waals surface area (Å²) in [6, 6.07) is 9.52. The molecule has 0 saturated heterocycles. The smallest absolute Gasteiger partial charge is 0.411 e. The lowest BCUT2D eigenvalue weighted by Crippen LogP contribution is -2.34. The molecule has 1 atom stereocenters. The number of rotatable bonds is 7. The van der Waals surface area contributed by atoms with Gasteiger partial charge in [-0.3, -0.25) is 5.32 Å². The molecule has 1 unspecified atom stereocenters. The zero-order valence-corrected chi connectivity index (χ0v) is 11.1. The van der Waals surface area contributed by atoms with Gasteiger partial charge in [-0.1, -0.05) is 32.0 Å². The molecular weight excluding hydrogens is 228 g/mol. The van der Waals surface area contributed by atoms with Crippen molar-refractivity contribution >= 4 is 11.8 Å². The normalized spacial score (nSPS) is 11.9. The molecule has 1 amide bonds. The van der Waals surface area contributed by atoms with Gasteiger partial charge in [0.15, 0.2) is 0 Å². The van der Waals surface area contributed by atoms with Crippen LogP contribution in [-0.4, -0.2) is 25.3 Å². The topological polar surface area (TPSA) is 50.4 Å². The minimum absolute atomic E-state index is 0.228. The second kappa shape index (κ2) is 8.53. The van der Waals surface area contributed by atoms with Gasteiger partial charge in [-0.25, -0.2) is 4.79 Å². The number of hydrogen-bond donors (Lipinski definition) is 2. The predicted molar refractivity (Wildman–Crippen MR) is 73.8 cm³/mol. The van der Waals surface area contributed by atoms with Gasteiger partial charge >= 0.3 is 6.09 Å². The summed E-state index contributed by atoms with van der Waals surface area (Å²) in [6.45, 7) is 5.53. The van der Waals surface area contributed by atoms with Gasteiger partial charge in [0, 0.05) is 11.7 Å². The summed E-state index contributed by atoms with van der Waals surface area (Å²) in [5.41, 5.74) is 0.747. The van der Waals surface area contributed by atoms with Gasteiger partial charge in [-0.15, -0.1) is 0 Å². The summed E-state index contributed by atoms with van der Waals surface area (Å²) < 4.78 is 5.18. The fourth-order valence-corrected chi connectivity index (χ4v) is 1.52. The van der Waals surface area contributed by atoms with E-state index in [1.54, 1.807) is 0 Å². The highest BCUT2D eigenvalue weighted by Crippen LogP contribution is 2.05. The first kappa shape index (κ1) is 14.5. The molecule has 0 bridgehead atoms. The molecule has 18 heavy (non-hydrogen) atoms. The van der Waals surface area contributed by atoms with E-state index < -0.39 is 6.09 Å². The first-order valence-electron chi connectivity index (χ1n) is 6.48. The van der Waals surface area contributed by atoms with Gasteiger partial charge < -0.3 is 10.1 Å². The molecule has 1 aromatic rings. The summed E-state index contributed by atoms with van der Waals surface area (Å²) in [6.07, 6.45) is 1.61. The maximum absolute atomic E-state index is 11.5. The minimum Gasteiger partial charge on any atom is -0.448 e. The van der Waals surface area contributed by atoms with E-state index in [1.165, 1.54) is 0 Å². The molecule has 4 heteroatoms. The molecule has 100 valence electrons. The van der Waals surface area contributed by atoms with Crippen molar-refractivity contribution in [1.82, 2.24) is 5.32 Å². The molecule has 0 fully saturated rings. The number of para-hydroxylation sites is 1. The van der Waals surface area contributed by atoms with Crippen LogP contribution in [0.25, 0.3) is 0 Å². The molecule has 0 heterocycles. The molecule has 0 radical (unpaired) electrons. The minimum atomic E-state index is -0.405. The summed E-state index contributed by atoms with van der Waals surface area (Å²) in [7, 11) is 0. The zero-order valence-electron chi connectivity index (χ0n) is 11.1. The second-order valence-electron chi connectivity index (χ2n) is 4.15. The lowest BCUT2D eigenvalue weighted by molar-refractivity contribution is 0.147. The van der Waals surface area contributed by atoms with Crippen molar-refractivity contribution < 1.29 is 9.53 Å². The molecule has 0 aliphatic carbocycles. The third-order valence-electron chi connectivity index (χ3n) is 2.61. The van der Waals surface area contributed by atoms with E-state index in [0.29, 0.717) is 6.61 Å². The van der Waals surface area contributed by atoms with Gasteiger partial charge in [0.2, 0.25) is 0 Å². The van der Waals surface area contributed by atoms with Crippen molar-refractivity contribution in [3.05, 3.63) is 30.3 Å². The molecular formula is C14H22N2O2. The van der Waals surface area contributed by atoms with Crippen LogP contribution in [0.5, 0.6) is 0 Å². The van der Waals surface area contributed by atoms with Gasteiger partial charge in [0.1, 0.15) is 6.61 Å². The van der Waals surface area contributed by atoms with E-state index in [2.05, 4.69) is 24.5 Å². The van der Waals surface area contributed by atoms with Crippen molar-refractivity contribution in [2.24, 2.45) is 0 Å². The van der Waals surface area contributed by atoms with Crippen LogP contribution in [0.1, 0.15) is 26.7 Å². The molecule has 1 aromatic carbocycles. The monoisotopic (exact) mass is 250 g/mol. The molecule has 0 aliphatic rings. The number of carbonyl (C=O) groups is 1. The van der Waals surface area contributed by atoms with Crippen molar-refractivity contribution in [3.63, 3.8) is 0 Å². The molecule has 0 saturated carbocycles. The number of anilines is 1. The lowest BCUT2D eigenvalue weighted by Gasteiger charge is -2.16. The number of nitrogens with one attached hydrogen (secondary N) is 2. The van der Waals surface area contributed by atoms with Crippen LogP contribution in [0.3, 0.4) is 0 Å². The Kier molecular flexibility index (Phi) is 6.87. The summed E-state index contributed by atoms with van der Waals surface area (Å²) in [5.74, 6) is 0. The molecule has 4 nitrogen and oxygen atoms in total. The predicted octanol–water partition coefficient (Wildman–Crippen LogP) is 3.01. The van der Waals surface area contributed by atoms with Crippen LogP contribution in [-0.2, 0) is 4.74 Å². The Bertz CT molecular complexity index is 341. The second-order valence-corrected chi connectivity index (χ2v) is 4.15. The SMILES string of the molecule is CCCNC(CC)COC(=O)Nc1ccccc1. The van der Waals surface area contributed by atoms with Crippen molar-refractivity contribution in [3.8, 4) is 0 Å². The van der Waals surface area contributed by atoms with Crippen LogP contribution >= 0.6 is 0 Å². The first-order chi connectivity index (χ1) is 8.76. The van der Waals surface area contributed by atoms with E-state index in [0.717, 1.165) is 25.1 Å². The maximum atomic E-state index is 11.5. The number of ether oxygens (including phenoxy) is 1. The van der Waals surface area contributed by atoms with E-state index in [-0.39, 0.29) is 6.04 Å². The number of amides is 1. The third kappa shape index (κ3) is 5.68. The van der Waals surface area contributed by atoms with Crippen LogP contribution in [0.2, 0.25) is 0 Å². The molecule has 0 aromatic heterocycles. The fraction of sp³-hybridized carbons (Fsp3) is 0.500. The average Bonchev–Trinajstić information content (AvgIpc) is 2.40. The Balaban J connectivity index is 2.27. The standard InChI is InChI=1S/C14H22N2O2/c1-3-10-15-12(4-2)11-18-14(17)16-13-8-6-5-7-9-13/h5-9,12,15H,3-4,10-11H2,1-2H3,(H,16,17). The largest absolute Gasteiger partial charge is 0.448 e.